The van der Waals surface area contributed by atoms with Crippen molar-refractivity contribution in [2.24, 2.45) is 0 Å². The fourth-order valence-corrected chi connectivity index (χ4v) is 0. The second kappa shape index (κ2) is 25.2. The van der Waals surface area contributed by atoms with Crippen molar-refractivity contribution < 1.29 is 170 Å². The van der Waals surface area contributed by atoms with Crippen LogP contribution in [0, 0.1) is 0 Å². The van der Waals surface area contributed by atoms with Gasteiger partial charge in [0, 0.05) is 0 Å². The zero-order valence-electron chi connectivity index (χ0n) is 12.5. The predicted octanol–water partition coefficient (Wildman–Crippen LogP) is -25.7. The molecule has 0 aliphatic carbocycles. The molecule has 20 nitrogen and oxygen atoms in total. The number of rotatable bonds is 0. The molecule has 0 aliphatic heterocycles. The van der Waals surface area contributed by atoms with E-state index in [2.05, 4.69) is 0 Å². The first-order valence-electron chi connectivity index (χ1n) is 4.08. The van der Waals surface area contributed by atoms with E-state index < -0.39 is 45.2 Å². The van der Waals surface area contributed by atoms with Gasteiger partial charge in [0.05, 0.1) is 0 Å². The first-order chi connectivity index (χ1) is 10.0. The molecular weight excluding hydrogens is 664 g/mol. The molecule has 0 aromatic carbocycles. The Morgan fingerprint density at radius 3 is 0.172 bits per heavy atom. The van der Waals surface area contributed by atoms with Gasteiger partial charge in [0.15, 0.2) is 0 Å². The summed E-state index contributed by atoms with van der Waals surface area (Å²) in [4.78, 5) is 172. The fourth-order valence-electron chi connectivity index (χ4n) is 0. The molecule has 0 fully saturated rings. The Labute approximate surface area is 214 Å². The maximum absolute atomic E-state index is 8.58. The molecule has 0 atom stereocenters. The van der Waals surface area contributed by atoms with Crippen LogP contribution >= 0.6 is 0 Å². The van der Waals surface area contributed by atoms with E-state index in [9.17, 15) is 0 Å². The Kier molecular flexibility index (Phi) is 50.4. The minimum Gasteiger partial charge on any atom is -0.894 e. The molecule has 0 aromatic rings. The van der Waals surface area contributed by atoms with Gasteiger partial charge in [-0.25, -0.2) is 0 Å². The van der Waals surface area contributed by atoms with Gasteiger partial charge in [-0.15, -0.1) is 0 Å². The van der Waals surface area contributed by atoms with Gasteiger partial charge in [-0.3, -0.25) is 0 Å². The minimum absolute atomic E-state index is 0. The molecule has 0 radical (unpaired) electrons. The van der Waals surface area contributed by atoms with Crippen molar-refractivity contribution >= 4 is 45.2 Å². The normalized spacial score (nSPS) is 10.3. The van der Waals surface area contributed by atoms with Crippen LogP contribution in [-0.4, -0.2) is 45.2 Å². The van der Waals surface area contributed by atoms with Crippen LogP contribution in [0.3, 0.4) is 0 Å². The Hall–Kier alpha value is 2.62. The van der Waals surface area contributed by atoms with E-state index in [1.807, 2.05) is 0 Å². The van der Waals surface area contributed by atoms with Crippen molar-refractivity contribution in [2.45, 2.75) is 0 Å². The monoisotopic (exact) mass is 664 g/mol. The molecule has 160 valence electrons. The third-order valence-corrected chi connectivity index (χ3v) is 0. The van der Waals surface area contributed by atoms with E-state index in [4.69, 9.17) is 95.9 Å². The summed E-state index contributed by atoms with van der Waals surface area (Å²) in [7, 11) is -28.1. The van der Waals surface area contributed by atoms with Crippen molar-refractivity contribution in [3.8, 4) is 0 Å². The van der Waals surface area contributed by atoms with E-state index in [-0.39, 0.29) is 74.2 Å². The summed E-state index contributed by atoms with van der Waals surface area (Å²) in [5.74, 6) is 0. The molecule has 0 saturated carbocycles. The summed E-state index contributed by atoms with van der Waals surface area (Å²) >= 11 is 0. The third-order valence-electron chi connectivity index (χ3n) is 0. The van der Waals surface area contributed by atoms with Crippen LogP contribution in [0.5, 0.6) is 0 Å². The Balaban J connectivity index is -0.0000000238. The molecule has 0 saturated heterocycles. The summed E-state index contributed by atoms with van der Waals surface area (Å²) in [5, 5.41) is 0. The minimum atomic E-state index is -5.61. The Morgan fingerprint density at radius 2 is 0.172 bits per heavy atom. The van der Waals surface area contributed by atoms with Crippen molar-refractivity contribution in [3.05, 3.63) is 0 Å². The standard InChI is InChI=1S/5O4Si.4V/c5*1-5(2,3)4;;;;/q5*-4;4*+5. The summed E-state index contributed by atoms with van der Waals surface area (Å²) in [6.07, 6.45) is 0. The predicted molar refractivity (Wildman–Crippen MR) is 28.8 cm³/mol. The molecule has 0 aromatic heterocycles. The quantitative estimate of drug-likeness (QED) is 0.217. The van der Waals surface area contributed by atoms with Crippen LogP contribution < -0.4 is 95.9 Å². The second-order valence-electron chi connectivity index (χ2n) is 2.50. The van der Waals surface area contributed by atoms with Gasteiger partial charge in [0.2, 0.25) is 0 Å². The smallest absolute Gasteiger partial charge is 0.894 e. The molecule has 0 aliphatic rings. The maximum atomic E-state index is 8.58. The SMILES string of the molecule is [O-][Si]([O-])([O-])[O-].[O-][Si]([O-])([O-])[O-].[O-][Si]([O-])([O-])[O-].[O-][Si]([O-])([O-])[O-].[O-][Si]([O-])([O-])[O-].[V+5].[V+5].[V+5].[V+5]. The number of hydrogen-bond donors (Lipinski definition) is 0. The molecule has 29 heavy (non-hydrogen) atoms. The van der Waals surface area contributed by atoms with Gasteiger partial charge in [-0.2, -0.15) is 0 Å². The molecule has 0 heterocycles. The van der Waals surface area contributed by atoms with Gasteiger partial charge in [-0.05, 0) is 0 Å². The third kappa shape index (κ3) is 3650. The molecule has 0 spiro atoms. The van der Waals surface area contributed by atoms with E-state index in [0.29, 0.717) is 0 Å². The van der Waals surface area contributed by atoms with Crippen LogP contribution in [0.1, 0.15) is 0 Å². The summed E-state index contributed by atoms with van der Waals surface area (Å²) in [6.45, 7) is 0. The zero-order chi connectivity index (χ0) is 22.5. The molecule has 0 rings (SSSR count). The molecular formula is O20Si5V4. The van der Waals surface area contributed by atoms with Crippen molar-refractivity contribution in [3.63, 3.8) is 0 Å². The molecule has 0 N–H and O–H groups in total. The average Bonchev–Trinajstić information content (AvgIpc) is 1.79. The van der Waals surface area contributed by atoms with Crippen LogP contribution in [0.15, 0.2) is 0 Å². The second-order valence-corrected chi connectivity index (χ2v) is 7.50. The molecule has 0 unspecified atom stereocenters. The molecule has 29 heteroatoms. The average molecular weight is 664 g/mol. The van der Waals surface area contributed by atoms with Gasteiger partial charge in [0.1, 0.15) is 0 Å². The van der Waals surface area contributed by atoms with Crippen LogP contribution in [0.25, 0.3) is 0 Å². The van der Waals surface area contributed by atoms with Crippen molar-refractivity contribution in [1.82, 2.24) is 0 Å². The molecule has 0 amide bonds. The van der Waals surface area contributed by atoms with Gasteiger partial charge < -0.3 is 141 Å². The van der Waals surface area contributed by atoms with Crippen molar-refractivity contribution in [1.29, 1.82) is 0 Å². The van der Waals surface area contributed by atoms with Crippen LogP contribution in [0.2, 0.25) is 0 Å². The molecule has 0 bridgehead atoms. The van der Waals surface area contributed by atoms with Gasteiger partial charge >= 0.3 is 74.2 Å². The summed E-state index contributed by atoms with van der Waals surface area (Å²) < 4.78 is 0. The zero-order valence-corrected chi connectivity index (χ0v) is 23.0. The Bertz CT molecular complexity index is 182. The Morgan fingerprint density at radius 1 is 0.172 bits per heavy atom. The topological polar surface area (TPSA) is 461 Å². The van der Waals surface area contributed by atoms with E-state index >= 15 is 0 Å². The van der Waals surface area contributed by atoms with E-state index in [1.165, 1.54) is 0 Å². The summed E-state index contributed by atoms with van der Waals surface area (Å²) in [5.41, 5.74) is 0. The van der Waals surface area contributed by atoms with Gasteiger partial charge in [-0.1, -0.05) is 0 Å². The van der Waals surface area contributed by atoms with Gasteiger partial charge in [0.25, 0.3) is 0 Å². The number of hydrogen-bond acceptors (Lipinski definition) is 20. The summed E-state index contributed by atoms with van der Waals surface area (Å²) in [6, 6.07) is 0. The van der Waals surface area contributed by atoms with Crippen LogP contribution in [-0.2, 0) is 74.2 Å². The van der Waals surface area contributed by atoms with E-state index in [1.54, 1.807) is 0 Å². The largest absolute Gasteiger partial charge is 5.00 e. The maximum Gasteiger partial charge on any atom is 5.00 e. The fraction of sp³-hybridized carbons (Fsp3) is 0. The van der Waals surface area contributed by atoms with Crippen LogP contribution in [0.4, 0.5) is 0 Å². The van der Waals surface area contributed by atoms with E-state index in [0.717, 1.165) is 0 Å². The first kappa shape index (κ1) is 57.9. The van der Waals surface area contributed by atoms with Crippen molar-refractivity contribution in [2.75, 3.05) is 0 Å². The first-order valence-corrected chi connectivity index (χ1v) is 12.2.